The van der Waals surface area contributed by atoms with E-state index in [2.05, 4.69) is 36.1 Å². The van der Waals surface area contributed by atoms with Crippen LogP contribution in [0.2, 0.25) is 0 Å². The van der Waals surface area contributed by atoms with Crippen LogP contribution in [0.5, 0.6) is 5.75 Å². The Bertz CT molecular complexity index is 1100. The molecular weight excluding hydrogens is 445 g/mol. The number of rotatable bonds is 7. The number of benzene rings is 1. The van der Waals surface area contributed by atoms with Crippen molar-refractivity contribution in [3.8, 4) is 5.75 Å². The van der Waals surface area contributed by atoms with Gasteiger partial charge in [-0.3, -0.25) is 15.1 Å². The third kappa shape index (κ3) is 4.76. The van der Waals surface area contributed by atoms with Gasteiger partial charge in [-0.2, -0.15) is 0 Å². The molecule has 1 aromatic carbocycles. The molecule has 3 heterocycles. The summed E-state index contributed by atoms with van der Waals surface area (Å²) in [7, 11) is 2.12. The van der Waals surface area contributed by atoms with Crippen molar-refractivity contribution < 1.29 is 13.9 Å². The van der Waals surface area contributed by atoms with Crippen molar-refractivity contribution in [2.75, 3.05) is 26.7 Å². The van der Waals surface area contributed by atoms with Crippen LogP contribution in [0, 0.1) is 17.2 Å². The molecule has 35 heavy (non-hydrogen) atoms. The van der Waals surface area contributed by atoms with Gasteiger partial charge < -0.3 is 14.5 Å². The predicted octanol–water partition coefficient (Wildman–Crippen LogP) is 3.60. The number of hydrogen-bond acceptors (Lipinski definition) is 6. The number of likely N-dealkylation sites (tertiary alicyclic amines) is 1. The van der Waals surface area contributed by atoms with Gasteiger partial charge in [-0.25, -0.2) is 9.38 Å². The summed E-state index contributed by atoms with van der Waals surface area (Å²) < 4.78 is 19.3. The molecule has 2 aliphatic heterocycles. The molecule has 8 heteroatoms. The number of aromatic nitrogens is 1. The number of pyridine rings is 1. The Labute approximate surface area is 206 Å². The van der Waals surface area contributed by atoms with E-state index in [4.69, 9.17) is 9.73 Å². The van der Waals surface area contributed by atoms with E-state index in [0.29, 0.717) is 37.3 Å². The zero-order valence-electron chi connectivity index (χ0n) is 20.8. The zero-order valence-corrected chi connectivity index (χ0v) is 20.8. The Balaban J connectivity index is 1.41. The van der Waals surface area contributed by atoms with E-state index < -0.39 is 5.54 Å². The largest absolute Gasteiger partial charge is 0.493 e. The zero-order chi connectivity index (χ0) is 24.6. The minimum absolute atomic E-state index is 0.00704. The number of halogens is 1. The van der Waals surface area contributed by atoms with Crippen LogP contribution < -0.4 is 10.1 Å². The third-order valence-electron chi connectivity index (χ3n) is 7.38. The number of carbonyl (C=O) groups excluding carboxylic acids is 1. The summed E-state index contributed by atoms with van der Waals surface area (Å²) in [6, 6.07) is 11.1. The fourth-order valence-corrected chi connectivity index (χ4v) is 5.29. The van der Waals surface area contributed by atoms with Crippen LogP contribution in [0.1, 0.15) is 44.4 Å². The van der Waals surface area contributed by atoms with Crippen LogP contribution in [0.4, 0.5) is 4.39 Å². The van der Waals surface area contributed by atoms with Crippen molar-refractivity contribution in [3.05, 3.63) is 59.7 Å². The maximum absolute atomic E-state index is 13.5. The monoisotopic (exact) mass is 479 g/mol. The van der Waals surface area contributed by atoms with E-state index in [1.807, 2.05) is 29.2 Å². The number of hydrogen-bond donors (Lipinski definition) is 1. The molecule has 1 aliphatic carbocycles. The Kier molecular flexibility index (Phi) is 6.25. The lowest BCUT2D eigenvalue weighted by molar-refractivity contribution is -0.128. The summed E-state index contributed by atoms with van der Waals surface area (Å²) >= 11 is 0. The topological polar surface area (TPSA) is 70.1 Å². The normalized spacial score (nSPS) is 23.0. The minimum Gasteiger partial charge on any atom is -0.493 e. The van der Waals surface area contributed by atoms with Crippen molar-refractivity contribution in [3.63, 3.8) is 0 Å². The number of aliphatic imine (C=N–C) groups is 1. The molecule has 1 saturated heterocycles. The van der Waals surface area contributed by atoms with Gasteiger partial charge in [0.2, 0.25) is 5.96 Å². The minimum atomic E-state index is -0.697. The highest BCUT2D eigenvalue weighted by Gasteiger charge is 2.67. The lowest BCUT2D eigenvalue weighted by Gasteiger charge is -2.41. The van der Waals surface area contributed by atoms with Gasteiger partial charge in [0.05, 0.1) is 25.0 Å². The SMILES string of the molecule is CC(C)COc1ccc(CN(Cc2ccc(F)cn2)C2=NC3(CCN(C)CC34CC4)C(=O)N2)cc1. The lowest BCUT2D eigenvalue weighted by Crippen LogP contribution is -2.56. The number of fused-ring (bicyclic) bond motifs is 1. The van der Waals surface area contributed by atoms with Crippen LogP contribution in [-0.4, -0.2) is 58.9 Å². The van der Waals surface area contributed by atoms with Gasteiger partial charge in [0.15, 0.2) is 5.54 Å². The molecular formula is C27H34FN5O2. The van der Waals surface area contributed by atoms with E-state index in [1.54, 1.807) is 6.07 Å². The van der Waals surface area contributed by atoms with E-state index in [-0.39, 0.29) is 17.1 Å². The third-order valence-corrected chi connectivity index (χ3v) is 7.38. The standard InChI is InChI=1S/C27H34FN5O2/c1-19(2)17-35-23-8-4-20(5-9-23)15-33(16-22-7-6-21(28)14-29-22)25-30-24(34)27(31-25)12-13-32(3)18-26(27)10-11-26/h4-9,14,19H,10-13,15-18H2,1-3H3,(H,30,31,34). The highest BCUT2D eigenvalue weighted by molar-refractivity contribution is 6.08. The van der Waals surface area contributed by atoms with Crippen molar-refractivity contribution in [1.82, 2.24) is 20.1 Å². The molecule has 1 aromatic heterocycles. The first-order chi connectivity index (χ1) is 16.8. The lowest BCUT2D eigenvalue weighted by atomic mass is 9.75. The molecule has 2 fully saturated rings. The molecule has 7 nitrogen and oxygen atoms in total. The fraction of sp³-hybridized carbons (Fsp3) is 0.519. The summed E-state index contributed by atoms with van der Waals surface area (Å²) in [4.78, 5) is 27.1. The van der Waals surface area contributed by atoms with Gasteiger partial charge >= 0.3 is 0 Å². The number of nitrogens with one attached hydrogen (secondary N) is 1. The van der Waals surface area contributed by atoms with Gasteiger partial charge in [-0.15, -0.1) is 0 Å². The van der Waals surface area contributed by atoms with Crippen molar-refractivity contribution >= 4 is 11.9 Å². The van der Waals surface area contributed by atoms with Gasteiger partial charge in [-0.05, 0) is 62.1 Å². The van der Waals surface area contributed by atoms with E-state index in [0.717, 1.165) is 43.7 Å². The Morgan fingerprint density at radius 3 is 2.57 bits per heavy atom. The maximum atomic E-state index is 13.5. The highest BCUT2D eigenvalue weighted by Crippen LogP contribution is 2.60. The Morgan fingerprint density at radius 2 is 1.91 bits per heavy atom. The van der Waals surface area contributed by atoms with Crippen molar-refractivity contribution in [2.45, 2.75) is 51.7 Å². The molecule has 1 atom stereocenters. The van der Waals surface area contributed by atoms with Crippen LogP contribution in [-0.2, 0) is 17.9 Å². The summed E-state index contributed by atoms with van der Waals surface area (Å²) in [5, 5.41) is 3.11. The first kappa shape index (κ1) is 23.7. The van der Waals surface area contributed by atoms with Gasteiger partial charge in [-0.1, -0.05) is 26.0 Å². The molecule has 2 aromatic rings. The quantitative estimate of drug-likeness (QED) is 0.657. The average Bonchev–Trinajstić information content (AvgIpc) is 3.52. The number of guanidine groups is 1. The van der Waals surface area contributed by atoms with Gasteiger partial charge in [0.1, 0.15) is 11.6 Å². The molecule has 0 radical (unpaired) electrons. The van der Waals surface area contributed by atoms with Crippen molar-refractivity contribution in [1.29, 1.82) is 0 Å². The summed E-state index contributed by atoms with van der Waals surface area (Å²) in [5.74, 6) is 1.51. The molecule has 186 valence electrons. The second-order valence-electron chi connectivity index (χ2n) is 10.7. The van der Waals surface area contributed by atoms with Gasteiger partial charge in [0, 0.05) is 25.0 Å². The van der Waals surface area contributed by atoms with Crippen LogP contribution in [0.25, 0.3) is 0 Å². The second kappa shape index (κ2) is 9.22. The maximum Gasteiger partial charge on any atom is 0.255 e. The summed E-state index contributed by atoms with van der Waals surface area (Å²) in [5.41, 5.74) is 1.01. The van der Waals surface area contributed by atoms with Gasteiger partial charge in [0.25, 0.3) is 5.91 Å². The molecule has 1 saturated carbocycles. The molecule has 1 N–H and O–H groups in total. The molecule has 3 aliphatic rings. The van der Waals surface area contributed by atoms with E-state index in [9.17, 15) is 9.18 Å². The fourth-order valence-electron chi connectivity index (χ4n) is 5.29. The number of carbonyl (C=O) groups is 1. The molecule has 1 amide bonds. The first-order valence-corrected chi connectivity index (χ1v) is 12.5. The smallest absolute Gasteiger partial charge is 0.255 e. The molecule has 2 spiro atoms. The molecule has 0 bridgehead atoms. The molecule has 5 rings (SSSR count). The number of piperidine rings is 1. The van der Waals surface area contributed by atoms with Crippen LogP contribution in [0.15, 0.2) is 47.6 Å². The number of ether oxygens (including phenoxy) is 1. The average molecular weight is 480 g/mol. The molecule has 1 unspecified atom stereocenters. The van der Waals surface area contributed by atoms with Crippen LogP contribution in [0.3, 0.4) is 0 Å². The number of nitrogens with zero attached hydrogens (tertiary/aromatic N) is 4. The summed E-state index contributed by atoms with van der Waals surface area (Å²) in [6.07, 6.45) is 4.00. The van der Waals surface area contributed by atoms with Crippen LogP contribution >= 0.6 is 0 Å². The predicted molar refractivity (Wildman–Crippen MR) is 132 cm³/mol. The Hall–Kier alpha value is -3.00. The van der Waals surface area contributed by atoms with E-state index >= 15 is 0 Å². The van der Waals surface area contributed by atoms with Crippen molar-refractivity contribution in [2.24, 2.45) is 16.3 Å². The first-order valence-electron chi connectivity index (χ1n) is 12.5. The second-order valence-corrected chi connectivity index (χ2v) is 10.7. The Morgan fingerprint density at radius 1 is 1.14 bits per heavy atom. The summed E-state index contributed by atoms with van der Waals surface area (Å²) in [6.45, 7) is 7.60. The highest BCUT2D eigenvalue weighted by atomic mass is 19.1. The van der Waals surface area contributed by atoms with E-state index in [1.165, 1.54) is 12.3 Å². The number of amides is 1.